The molecule has 158 valence electrons. The third-order valence-electron chi connectivity index (χ3n) is 4.65. The second-order valence-electron chi connectivity index (χ2n) is 6.41. The smallest absolute Gasteiger partial charge is 0.416 e. The number of carbonyl (C=O) groups excluding carboxylic acids is 1. The summed E-state index contributed by atoms with van der Waals surface area (Å²) in [4.78, 5) is 25.7. The Morgan fingerprint density at radius 3 is 2.43 bits per heavy atom. The van der Waals surface area contributed by atoms with E-state index in [2.05, 4.69) is 5.32 Å². The van der Waals surface area contributed by atoms with Crippen molar-refractivity contribution in [1.29, 1.82) is 0 Å². The van der Waals surface area contributed by atoms with Crippen LogP contribution in [0, 0.1) is 0 Å². The number of benzene rings is 2. The Morgan fingerprint density at radius 1 is 1.10 bits per heavy atom. The number of fused-ring (bicyclic) bond motifs is 1. The maximum absolute atomic E-state index is 13.1. The minimum absolute atomic E-state index is 0.183. The first-order valence-electron chi connectivity index (χ1n) is 8.97. The zero-order chi connectivity index (χ0) is 22.1. The van der Waals surface area contributed by atoms with E-state index in [1.807, 2.05) is 0 Å². The van der Waals surface area contributed by atoms with Crippen molar-refractivity contribution in [3.8, 4) is 11.5 Å². The minimum atomic E-state index is -4.61. The number of amides is 1. The molecule has 3 rings (SSSR count). The predicted octanol–water partition coefficient (Wildman–Crippen LogP) is 4.31. The number of methoxy groups -OCH3 is 2. The Bertz CT molecular complexity index is 1170. The summed E-state index contributed by atoms with van der Waals surface area (Å²) in [5, 5.41) is 2.39. The molecule has 0 atom stereocenters. The molecule has 0 aliphatic rings. The van der Waals surface area contributed by atoms with E-state index < -0.39 is 23.1 Å². The molecule has 2 aromatic carbocycles. The van der Waals surface area contributed by atoms with Gasteiger partial charge in [0.15, 0.2) is 0 Å². The van der Waals surface area contributed by atoms with Crippen LogP contribution in [0.15, 0.2) is 47.4 Å². The number of pyridine rings is 1. The number of nitrogens with one attached hydrogen (secondary N) is 1. The molecule has 1 aromatic heterocycles. The molecule has 0 aliphatic heterocycles. The lowest BCUT2D eigenvalue weighted by Gasteiger charge is -2.15. The SMILES string of the molecule is CCn1cc(C(=O)Nc2cc(OC)ccc2OC)c(=O)c2cc(C(F)(F)F)ccc21. The fraction of sp³-hybridized carbons (Fsp3) is 0.238. The highest BCUT2D eigenvalue weighted by atomic mass is 19.4. The van der Waals surface area contributed by atoms with E-state index in [4.69, 9.17) is 9.47 Å². The van der Waals surface area contributed by atoms with Crippen LogP contribution in [-0.4, -0.2) is 24.7 Å². The highest BCUT2D eigenvalue weighted by Crippen LogP contribution is 2.31. The van der Waals surface area contributed by atoms with Crippen LogP contribution < -0.4 is 20.2 Å². The summed E-state index contributed by atoms with van der Waals surface area (Å²) >= 11 is 0. The molecular formula is C21H19F3N2O4. The Labute approximate surface area is 169 Å². The number of carbonyl (C=O) groups is 1. The van der Waals surface area contributed by atoms with E-state index in [1.54, 1.807) is 23.6 Å². The van der Waals surface area contributed by atoms with Crippen LogP contribution in [0.2, 0.25) is 0 Å². The van der Waals surface area contributed by atoms with Crippen LogP contribution in [0.1, 0.15) is 22.8 Å². The van der Waals surface area contributed by atoms with E-state index in [9.17, 15) is 22.8 Å². The van der Waals surface area contributed by atoms with Gasteiger partial charge in [-0.3, -0.25) is 9.59 Å². The normalized spacial score (nSPS) is 11.4. The number of halogens is 3. The Morgan fingerprint density at radius 2 is 1.83 bits per heavy atom. The standard InChI is InChI=1S/C21H19F3N2O4/c1-4-26-11-15(19(27)14-9-12(21(22,23)24)5-7-17(14)26)20(28)25-16-10-13(29-2)6-8-18(16)30-3/h5-11H,4H2,1-3H3,(H,25,28). The molecule has 30 heavy (non-hydrogen) atoms. The number of aromatic nitrogens is 1. The van der Waals surface area contributed by atoms with Gasteiger partial charge in [0.05, 0.1) is 31.0 Å². The summed E-state index contributed by atoms with van der Waals surface area (Å²) in [6.45, 7) is 2.11. The molecule has 3 aromatic rings. The molecule has 1 N–H and O–H groups in total. The summed E-state index contributed by atoms with van der Waals surface area (Å²) in [5.41, 5.74) is -1.46. The Balaban J connectivity index is 2.13. The predicted molar refractivity (Wildman–Crippen MR) is 106 cm³/mol. The van der Waals surface area contributed by atoms with E-state index in [0.717, 1.165) is 12.1 Å². The van der Waals surface area contributed by atoms with Gasteiger partial charge in [0.1, 0.15) is 17.1 Å². The molecule has 1 amide bonds. The third-order valence-corrected chi connectivity index (χ3v) is 4.65. The van der Waals surface area contributed by atoms with Crippen molar-refractivity contribution >= 4 is 22.5 Å². The van der Waals surface area contributed by atoms with Gasteiger partial charge in [0.25, 0.3) is 5.91 Å². The number of hydrogen-bond donors (Lipinski definition) is 1. The second kappa shape index (κ2) is 8.10. The zero-order valence-electron chi connectivity index (χ0n) is 16.5. The summed E-state index contributed by atoms with van der Waals surface area (Å²) in [5.74, 6) is 0.0126. The molecular weight excluding hydrogens is 401 g/mol. The van der Waals surface area contributed by atoms with Crippen molar-refractivity contribution in [2.75, 3.05) is 19.5 Å². The fourth-order valence-corrected chi connectivity index (χ4v) is 3.10. The van der Waals surface area contributed by atoms with Gasteiger partial charge in [0.2, 0.25) is 5.43 Å². The molecule has 0 saturated carbocycles. The van der Waals surface area contributed by atoms with Crippen LogP contribution in [0.4, 0.5) is 18.9 Å². The summed E-state index contributed by atoms with van der Waals surface area (Å²) in [6, 6.07) is 7.64. The Kier molecular flexibility index (Phi) is 5.73. The van der Waals surface area contributed by atoms with Crippen molar-refractivity contribution < 1.29 is 27.4 Å². The number of nitrogens with zero attached hydrogens (tertiary/aromatic N) is 1. The third kappa shape index (κ3) is 3.96. The fourth-order valence-electron chi connectivity index (χ4n) is 3.10. The number of anilines is 1. The van der Waals surface area contributed by atoms with Crippen LogP contribution in [0.25, 0.3) is 10.9 Å². The molecule has 9 heteroatoms. The molecule has 0 saturated heterocycles. The van der Waals surface area contributed by atoms with Gasteiger partial charge in [-0.05, 0) is 37.3 Å². The number of hydrogen-bond acceptors (Lipinski definition) is 4. The average Bonchev–Trinajstić information content (AvgIpc) is 2.73. The number of ether oxygens (including phenoxy) is 2. The summed E-state index contributed by atoms with van der Waals surface area (Å²) < 4.78 is 51.2. The van der Waals surface area contributed by atoms with E-state index >= 15 is 0 Å². The largest absolute Gasteiger partial charge is 0.497 e. The van der Waals surface area contributed by atoms with Gasteiger partial charge < -0.3 is 19.4 Å². The highest BCUT2D eigenvalue weighted by molar-refractivity contribution is 6.06. The first-order valence-corrected chi connectivity index (χ1v) is 8.97. The lowest BCUT2D eigenvalue weighted by Crippen LogP contribution is -2.24. The monoisotopic (exact) mass is 420 g/mol. The van der Waals surface area contributed by atoms with Gasteiger partial charge in [-0.25, -0.2) is 0 Å². The van der Waals surface area contributed by atoms with Gasteiger partial charge in [-0.2, -0.15) is 13.2 Å². The molecule has 0 spiro atoms. The van der Waals surface area contributed by atoms with Crippen molar-refractivity contribution in [2.24, 2.45) is 0 Å². The van der Waals surface area contributed by atoms with Gasteiger partial charge in [0, 0.05) is 24.2 Å². The molecule has 0 radical (unpaired) electrons. The van der Waals surface area contributed by atoms with E-state index in [0.29, 0.717) is 23.6 Å². The number of alkyl halides is 3. The van der Waals surface area contributed by atoms with Crippen molar-refractivity contribution in [3.05, 3.63) is 63.9 Å². The molecule has 1 heterocycles. The van der Waals surface area contributed by atoms with Gasteiger partial charge in [-0.15, -0.1) is 0 Å². The maximum atomic E-state index is 13.1. The van der Waals surface area contributed by atoms with Crippen molar-refractivity contribution in [2.45, 2.75) is 19.6 Å². The van der Waals surface area contributed by atoms with Gasteiger partial charge in [-0.1, -0.05) is 0 Å². The van der Waals surface area contributed by atoms with Crippen LogP contribution >= 0.6 is 0 Å². The highest BCUT2D eigenvalue weighted by Gasteiger charge is 2.31. The zero-order valence-corrected chi connectivity index (χ0v) is 16.5. The minimum Gasteiger partial charge on any atom is -0.497 e. The first-order chi connectivity index (χ1) is 14.2. The second-order valence-corrected chi connectivity index (χ2v) is 6.41. The summed E-state index contributed by atoms with van der Waals surface area (Å²) in [6.07, 6.45) is -3.27. The maximum Gasteiger partial charge on any atom is 0.416 e. The van der Waals surface area contributed by atoms with Crippen molar-refractivity contribution in [1.82, 2.24) is 4.57 Å². The Hall–Kier alpha value is -3.49. The lowest BCUT2D eigenvalue weighted by atomic mass is 10.1. The van der Waals surface area contributed by atoms with Crippen molar-refractivity contribution in [3.63, 3.8) is 0 Å². The average molecular weight is 420 g/mol. The van der Waals surface area contributed by atoms with Gasteiger partial charge >= 0.3 is 6.18 Å². The lowest BCUT2D eigenvalue weighted by molar-refractivity contribution is -0.137. The molecule has 0 bridgehead atoms. The van der Waals surface area contributed by atoms with E-state index in [-0.39, 0.29) is 16.6 Å². The number of aryl methyl sites for hydroxylation is 1. The molecule has 0 unspecified atom stereocenters. The topological polar surface area (TPSA) is 69.6 Å². The van der Waals surface area contributed by atoms with E-state index in [1.165, 1.54) is 32.5 Å². The number of rotatable bonds is 5. The quantitative estimate of drug-likeness (QED) is 0.668. The molecule has 0 aliphatic carbocycles. The summed E-state index contributed by atoms with van der Waals surface area (Å²) in [7, 11) is 2.87. The van der Waals surface area contributed by atoms with Crippen LogP contribution in [0.5, 0.6) is 11.5 Å². The van der Waals surface area contributed by atoms with Crippen LogP contribution in [-0.2, 0) is 12.7 Å². The van der Waals surface area contributed by atoms with Crippen LogP contribution in [0.3, 0.4) is 0 Å². The molecule has 6 nitrogen and oxygen atoms in total. The first kappa shape index (κ1) is 21.2. The molecule has 0 fully saturated rings.